The van der Waals surface area contributed by atoms with Gasteiger partial charge < -0.3 is 0 Å². The summed E-state index contributed by atoms with van der Waals surface area (Å²) in [6, 6.07) is 0. The van der Waals surface area contributed by atoms with E-state index in [0.29, 0.717) is 18.9 Å². The molecule has 6 nitrogen and oxygen atoms in total. The summed E-state index contributed by atoms with van der Waals surface area (Å²) in [5.41, 5.74) is 0. The molecule has 0 N–H and O–H groups in total. The third-order valence-electron chi connectivity index (χ3n) is 1.75. The Kier molecular flexibility index (Phi) is 9.28. The zero-order valence-corrected chi connectivity index (χ0v) is 11.3. The van der Waals surface area contributed by atoms with Crippen LogP contribution in [-0.2, 0) is 28.6 Å². The zero-order chi connectivity index (χ0) is 12.4. The van der Waals surface area contributed by atoms with Crippen LogP contribution in [0.15, 0.2) is 0 Å². The third kappa shape index (κ3) is 12.2. The Morgan fingerprint density at radius 1 is 1.25 bits per heavy atom. The minimum atomic E-state index is -3.33. The predicted molar refractivity (Wildman–Crippen MR) is 60.8 cm³/mol. The van der Waals surface area contributed by atoms with E-state index in [-0.39, 0.29) is 6.61 Å². The van der Waals surface area contributed by atoms with Crippen molar-refractivity contribution < 1.29 is 26.9 Å². The van der Waals surface area contributed by atoms with E-state index < -0.39 is 10.1 Å². The van der Waals surface area contributed by atoms with Crippen LogP contribution in [0.4, 0.5) is 0 Å². The van der Waals surface area contributed by atoms with E-state index in [9.17, 15) is 8.42 Å². The zero-order valence-electron chi connectivity index (χ0n) is 9.67. The van der Waals surface area contributed by atoms with Gasteiger partial charge in [-0.1, -0.05) is 12.0 Å². The highest BCUT2D eigenvalue weighted by Crippen LogP contribution is 2.09. The van der Waals surface area contributed by atoms with E-state index in [4.69, 9.17) is 0 Å². The lowest BCUT2D eigenvalue weighted by molar-refractivity contribution is -0.460. The van der Waals surface area contributed by atoms with E-state index >= 15 is 0 Å². The van der Waals surface area contributed by atoms with Crippen molar-refractivity contribution in [2.75, 3.05) is 25.7 Å². The molecule has 0 spiro atoms. The summed E-state index contributed by atoms with van der Waals surface area (Å²) in [5.74, 6) is 0.291. The van der Waals surface area contributed by atoms with Gasteiger partial charge >= 0.3 is 0 Å². The van der Waals surface area contributed by atoms with Gasteiger partial charge in [0.2, 0.25) is 0 Å². The number of hydrogen-bond acceptors (Lipinski definition) is 7. The standard InChI is InChI=1S/C8H18O6S2/c1-8(4-6-11-13-14-15-2)5-7-12-16(3,9)10/h8H,4-7H2,1-3H3. The second-order valence-electron chi connectivity index (χ2n) is 3.33. The lowest BCUT2D eigenvalue weighted by Gasteiger charge is -2.09. The van der Waals surface area contributed by atoms with Gasteiger partial charge in [0.1, 0.15) is 0 Å². The van der Waals surface area contributed by atoms with Crippen molar-refractivity contribution in [1.29, 1.82) is 0 Å². The summed E-state index contributed by atoms with van der Waals surface area (Å²) in [6.07, 6.45) is 4.13. The second-order valence-corrected chi connectivity index (χ2v) is 5.45. The van der Waals surface area contributed by atoms with Crippen LogP contribution in [0.1, 0.15) is 19.8 Å². The van der Waals surface area contributed by atoms with Crippen LogP contribution in [0.25, 0.3) is 0 Å². The molecule has 0 saturated carbocycles. The molecule has 0 aliphatic carbocycles. The van der Waals surface area contributed by atoms with Crippen molar-refractivity contribution in [2.45, 2.75) is 19.8 Å². The van der Waals surface area contributed by atoms with Crippen molar-refractivity contribution >= 4 is 22.2 Å². The van der Waals surface area contributed by atoms with Gasteiger partial charge in [-0.05, 0) is 18.8 Å². The molecule has 1 atom stereocenters. The summed E-state index contributed by atoms with van der Waals surface area (Å²) >= 11 is 1.04. The first-order chi connectivity index (χ1) is 7.45. The largest absolute Gasteiger partial charge is 0.270 e. The molecule has 98 valence electrons. The maximum atomic E-state index is 10.7. The summed E-state index contributed by atoms with van der Waals surface area (Å²) in [6.45, 7) is 2.56. The summed E-state index contributed by atoms with van der Waals surface area (Å²) in [4.78, 5) is 4.69. The van der Waals surface area contributed by atoms with E-state index in [1.165, 1.54) is 0 Å². The molecule has 1 unspecified atom stereocenters. The fourth-order valence-corrected chi connectivity index (χ4v) is 1.37. The molecule has 0 amide bonds. The van der Waals surface area contributed by atoms with E-state index in [2.05, 4.69) is 18.4 Å². The highest BCUT2D eigenvalue weighted by Gasteiger charge is 2.06. The van der Waals surface area contributed by atoms with Gasteiger partial charge in [0, 0.05) is 18.3 Å². The van der Waals surface area contributed by atoms with Crippen LogP contribution in [0.5, 0.6) is 0 Å². The van der Waals surface area contributed by atoms with Crippen LogP contribution in [0.2, 0.25) is 0 Å². The van der Waals surface area contributed by atoms with Crippen LogP contribution in [0, 0.1) is 5.92 Å². The van der Waals surface area contributed by atoms with Crippen molar-refractivity contribution in [3.8, 4) is 0 Å². The Balaban J connectivity index is 3.34. The molecule has 16 heavy (non-hydrogen) atoms. The Morgan fingerprint density at radius 3 is 2.44 bits per heavy atom. The van der Waals surface area contributed by atoms with Crippen molar-refractivity contribution in [3.63, 3.8) is 0 Å². The minimum Gasteiger partial charge on any atom is -0.270 e. The average Bonchev–Trinajstić information content (AvgIpc) is 2.15. The SMILES string of the molecule is CSOOOCCC(C)CCOS(C)(=O)=O. The summed E-state index contributed by atoms with van der Waals surface area (Å²) in [5, 5.41) is 4.33. The van der Waals surface area contributed by atoms with Crippen molar-refractivity contribution in [3.05, 3.63) is 0 Å². The summed E-state index contributed by atoms with van der Waals surface area (Å²) in [7, 11) is -3.33. The Bertz CT molecular complexity index is 253. The Labute approximate surface area is 101 Å². The molecule has 0 aromatic heterocycles. The Morgan fingerprint density at radius 2 is 1.88 bits per heavy atom. The highest BCUT2D eigenvalue weighted by atomic mass is 32.2. The van der Waals surface area contributed by atoms with Gasteiger partial charge in [-0.2, -0.15) is 8.42 Å². The number of rotatable bonds is 10. The lowest BCUT2D eigenvalue weighted by atomic mass is 10.1. The first kappa shape index (κ1) is 16.1. The van der Waals surface area contributed by atoms with E-state index in [0.717, 1.165) is 24.7 Å². The molecule has 0 aliphatic heterocycles. The molecule has 0 aliphatic rings. The van der Waals surface area contributed by atoms with Gasteiger partial charge in [-0.15, -0.1) is 4.33 Å². The molecule has 8 heteroatoms. The van der Waals surface area contributed by atoms with Gasteiger partial charge in [-0.25, -0.2) is 4.89 Å². The fraction of sp³-hybridized carbons (Fsp3) is 1.00. The van der Waals surface area contributed by atoms with Crippen molar-refractivity contribution in [2.24, 2.45) is 5.92 Å². The molecule has 0 rings (SSSR count). The van der Waals surface area contributed by atoms with Crippen LogP contribution in [-0.4, -0.2) is 34.1 Å². The van der Waals surface area contributed by atoms with E-state index in [1.807, 2.05) is 6.92 Å². The van der Waals surface area contributed by atoms with Gasteiger partial charge in [0.25, 0.3) is 10.1 Å². The molecule has 0 heterocycles. The molecule has 0 fully saturated rings. The fourth-order valence-electron chi connectivity index (χ4n) is 0.876. The maximum Gasteiger partial charge on any atom is 0.264 e. The molecular weight excluding hydrogens is 256 g/mol. The first-order valence-corrected chi connectivity index (χ1v) is 7.75. The molecule has 0 saturated heterocycles. The average molecular weight is 274 g/mol. The van der Waals surface area contributed by atoms with Crippen LogP contribution in [0.3, 0.4) is 0 Å². The van der Waals surface area contributed by atoms with Crippen LogP contribution < -0.4 is 0 Å². The number of hydrogen-bond donors (Lipinski definition) is 0. The highest BCUT2D eigenvalue weighted by molar-refractivity contribution is 7.93. The monoisotopic (exact) mass is 274 g/mol. The molecule has 0 aromatic carbocycles. The van der Waals surface area contributed by atoms with Crippen molar-refractivity contribution in [1.82, 2.24) is 0 Å². The smallest absolute Gasteiger partial charge is 0.264 e. The molecule has 0 aromatic rings. The maximum absolute atomic E-state index is 10.7. The van der Waals surface area contributed by atoms with Gasteiger partial charge in [0.05, 0.1) is 19.5 Å². The van der Waals surface area contributed by atoms with Crippen LogP contribution >= 0.6 is 12.0 Å². The van der Waals surface area contributed by atoms with Gasteiger partial charge in [-0.3, -0.25) is 4.18 Å². The predicted octanol–water partition coefficient (Wildman–Crippen LogP) is 1.54. The quantitative estimate of drug-likeness (QED) is 0.197. The topological polar surface area (TPSA) is 71.1 Å². The minimum absolute atomic E-state index is 0.197. The Hall–Kier alpha value is 0.140. The second kappa shape index (κ2) is 9.20. The molecular formula is C8H18O6S2. The first-order valence-electron chi connectivity index (χ1n) is 4.79. The lowest BCUT2D eigenvalue weighted by Crippen LogP contribution is -2.09. The molecule has 0 bridgehead atoms. The normalized spacial score (nSPS) is 13.9. The third-order valence-corrected chi connectivity index (χ3v) is 2.53. The summed E-state index contributed by atoms with van der Waals surface area (Å²) < 4.78 is 30.4. The van der Waals surface area contributed by atoms with Gasteiger partial charge in [0.15, 0.2) is 0 Å². The molecule has 0 radical (unpaired) electrons. The van der Waals surface area contributed by atoms with E-state index in [1.54, 1.807) is 6.26 Å².